The van der Waals surface area contributed by atoms with E-state index in [0.717, 1.165) is 45.6 Å². The van der Waals surface area contributed by atoms with Crippen molar-refractivity contribution in [2.75, 3.05) is 41.0 Å². The van der Waals surface area contributed by atoms with Gasteiger partial charge in [0.2, 0.25) is 11.8 Å². The molecule has 2 amide bonds. The number of ketones is 1. The van der Waals surface area contributed by atoms with Crippen LogP contribution < -0.4 is 10.1 Å². The number of aliphatic carboxylic acids is 1. The first kappa shape index (κ1) is 45.8. The number of carbonyl (C=O) groups is 5. The highest BCUT2D eigenvalue weighted by atomic mass is 16.5. The van der Waals surface area contributed by atoms with Crippen LogP contribution in [0.25, 0.3) is 0 Å². The Kier molecular flexibility index (Phi) is 23.4. The van der Waals surface area contributed by atoms with Crippen molar-refractivity contribution in [2.24, 2.45) is 5.92 Å². The lowest BCUT2D eigenvalue weighted by Gasteiger charge is -2.32. The molecule has 0 radical (unpaired) electrons. The Labute approximate surface area is 309 Å². The monoisotopic (exact) mass is 728 g/mol. The summed E-state index contributed by atoms with van der Waals surface area (Å²) in [5.74, 6) is 0.435. The van der Waals surface area contributed by atoms with Gasteiger partial charge in [0.1, 0.15) is 24.2 Å². The Hall–Kier alpha value is -4.21. The van der Waals surface area contributed by atoms with Crippen molar-refractivity contribution in [2.45, 2.75) is 115 Å². The molecule has 0 aliphatic carbocycles. The van der Waals surface area contributed by atoms with Gasteiger partial charge < -0.3 is 34.6 Å². The number of likely N-dealkylation sites (N-methyl/N-ethyl adjacent to an activating group) is 1. The number of hydrogen-bond donors (Lipinski definition) is 3. The summed E-state index contributed by atoms with van der Waals surface area (Å²) in [5.41, 5.74) is -2.19. The normalized spacial score (nSPS) is 13.3. The van der Waals surface area contributed by atoms with E-state index in [4.69, 9.17) is 14.2 Å². The molecule has 3 N–H and O–H groups in total. The second-order valence-corrected chi connectivity index (χ2v) is 12.9. The number of amides is 2. The van der Waals surface area contributed by atoms with Gasteiger partial charge in [0.25, 0.3) is 0 Å². The standard InChI is InChI=1S/C40H60N2O10/c1-6-8-10-13-16-19-32(43)20-17-14-11-12-15-18-21-34(40(49,39(47)48)30-36(44)42(3)26-28-50-4)37(45)41-35(38(46)51-5)29-31-22-24-33(25-23-31)52-27-9-7-2/h18,21-25,34-35,49H,6,8,10-17,19-20,26-30H2,1-5H3,(H,41,45)(H,47,48)/b21-18+/t34-,35+,40+/m1/s1. The molecule has 0 bridgehead atoms. The van der Waals surface area contributed by atoms with E-state index in [1.165, 1.54) is 38.0 Å². The summed E-state index contributed by atoms with van der Waals surface area (Å²) in [5, 5.41) is 24.3. The summed E-state index contributed by atoms with van der Waals surface area (Å²) >= 11 is 0. The Bertz CT molecular complexity index is 1330. The van der Waals surface area contributed by atoms with Crippen LogP contribution in [0.1, 0.15) is 103 Å². The van der Waals surface area contributed by atoms with E-state index < -0.39 is 47.7 Å². The highest BCUT2D eigenvalue weighted by Crippen LogP contribution is 2.27. The fraction of sp³-hybridized carbons (Fsp3) is 0.625. The lowest BCUT2D eigenvalue weighted by Crippen LogP contribution is -2.56. The van der Waals surface area contributed by atoms with Gasteiger partial charge >= 0.3 is 11.9 Å². The first-order valence-electron chi connectivity index (χ1n) is 18.3. The summed E-state index contributed by atoms with van der Waals surface area (Å²) in [6.45, 7) is 4.40. The SMILES string of the molecule is CC#CCOc1ccc(C[C@H](NC(=O)[C@@H](/C=C/CCCCCCC(=O)CCCCCCC)[C@@](O)(CC(=O)N(C)CCOC)C(=O)O)C(=O)OC)cc1. The Balaban J connectivity index is 3.08. The number of Topliss-reactive ketones (excluding diaryl/α,β-unsaturated/α-hetero) is 1. The fourth-order valence-corrected chi connectivity index (χ4v) is 5.47. The number of hydrogen-bond acceptors (Lipinski definition) is 9. The quantitative estimate of drug-likeness (QED) is 0.0460. The first-order valence-corrected chi connectivity index (χ1v) is 18.3. The van der Waals surface area contributed by atoms with Crippen molar-refractivity contribution in [3.8, 4) is 17.6 Å². The van der Waals surface area contributed by atoms with Crippen LogP contribution in [-0.2, 0) is 39.9 Å². The molecule has 0 saturated carbocycles. The van der Waals surface area contributed by atoms with Crippen LogP contribution in [0, 0.1) is 17.8 Å². The highest BCUT2D eigenvalue weighted by Gasteiger charge is 2.49. The fourth-order valence-electron chi connectivity index (χ4n) is 5.47. The number of carboxylic acids is 1. The predicted octanol–water partition coefficient (Wildman–Crippen LogP) is 5.04. The maximum Gasteiger partial charge on any atom is 0.337 e. The molecule has 12 nitrogen and oxygen atoms in total. The van der Waals surface area contributed by atoms with E-state index in [2.05, 4.69) is 24.1 Å². The molecule has 12 heteroatoms. The van der Waals surface area contributed by atoms with E-state index in [1.54, 1.807) is 37.3 Å². The number of carboxylic acid groups (broad SMARTS) is 1. The largest absolute Gasteiger partial charge is 0.481 e. The maximum absolute atomic E-state index is 13.8. The molecule has 0 unspecified atom stereocenters. The third kappa shape index (κ3) is 17.8. The van der Waals surface area contributed by atoms with Gasteiger partial charge in [0, 0.05) is 40.0 Å². The van der Waals surface area contributed by atoms with Gasteiger partial charge in [-0.25, -0.2) is 9.59 Å². The number of ether oxygens (including phenoxy) is 3. The molecule has 0 saturated heterocycles. The van der Waals surface area contributed by atoms with Crippen molar-refractivity contribution in [1.82, 2.24) is 10.2 Å². The molecule has 290 valence electrons. The number of esters is 1. The third-order valence-corrected chi connectivity index (χ3v) is 8.76. The highest BCUT2D eigenvalue weighted by molar-refractivity contribution is 5.95. The van der Waals surface area contributed by atoms with Crippen molar-refractivity contribution in [3.63, 3.8) is 0 Å². The van der Waals surface area contributed by atoms with Crippen LogP contribution in [-0.4, -0.2) is 97.3 Å². The van der Waals surface area contributed by atoms with E-state index in [0.29, 0.717) is 37.0 Å². The maximum atomic E-state index is 13.8. The van der Waals surface area contributed by atoms with E-state index in [9.17, 15) is 34.2 Å². The van der Waals surface area contributed by atoms with Crippen LogP contribution in [0.15, 0.2) is 36.4 Å². The predicted molar refractivity (Wildman–Crippen MR) is 198 cm³/mol. The summed E-state index contributed by atoms with van der Waals surface area (Å²) in [4.78, 5) is 65.7. The zero-order valence-corrected chi connectivity index (χ0v) is 31.7. The number of aliphatic hydroxyl groups is 1. The molecule has 0 aromatic heterocycles. The van der Waals surface area contributed by atoms with Crippen molar-refractivity contribution in [1.29, 1.82) is 0 Å². The van der Waals surface area contributed by atoms with Gasteiger partial charge in [0.15, 0.2) is 5.60 Å². The van der Waals surface area contributed by atoms with E-state index >= 15 is 0 Å². The Morgan fingerprint density at radius 1 is 0.962 bits per heavy atom. The summed E-state index contributed by atoms with van der Waals surface area (Å²) in [6, 6.07) is 5.57. The van der Waals surface area contributed by atoms with Gasteiger partial charge in [-0.05, 0) is 50.3 Å². The summed E-state index contributed by atoms with van der Waals surface area (Å²) < 4.78 is 15.5. The second-order valence-electron chi connectivity index (χ2n) is 12.9. The molecule has 0 spiro atoms. The van der Waals surface area contributed by atoms with Crippen LogP contribution in [0.2, 0.25) is 0 Å². The third-order valence-electron chi connectivity index (χ3n) is 8.76. The number of unbranched alkanes of at least 4 members (excludes halogenated alkanes) is 8. The van der Waals surface area contributed by atoms with Crippen molar-refractivity contribution < 1.29 is 48.4 Å². The van der Waals surface area contributed by atoms with Gasteiger partial charge in [-0.3, -0.25) is 14.4 Å². The average Bonchev–Trinajstić information content (AvgIpc) is 3.12. The first-order chi connectivity index (χ1) is 24.9. The van der Waals surface area contributed by atoms with Gasteiger partial charge in [-0.2, -0.15) is 0 Å². The number of benzene rings is 1. The van der Waals surface area contributed by atoms with E-state index in [1.807, 2.05) is 0 Å². The average molecular weight is 729 g/mol. The number of allylic oxidation sites excluding steroid dienone is 1. The van der Waals surface area contributed by atoms with Crippen molar-refractivity contribution in [3.05, 3.63) is 42.0 Å². The molecule has 1 aromatic carbocycles. The van der Waals surface area contributed by atoms with Crippen LogP contribution in [0.4, 0.5) is 0 Å². The van der Waals surface area contributed by atoms with Crippen LogP contribution in [0.3, 0.4) is 0 Å². The minimum atomic E-state index is -2.84. The van der Waals surface area contributed by atoms with Crippen LogP contribution in [0.5, 0.6) is 5.75 Å². The summed E-state index contributed by atoms with van der Waals surface area (Å²) in [6.07, 6.45) is 12.3. The summed E-state index contributed by atoms with van der Waals surface area (Å²) in [7, 11) is 4.06. The minimum Gasteiger partial charge on any atom is -0.481 e. The van der Waals surface area contributed by atoms with E-state index in [-0.39, 0.29) is 32.0 Å². The molecular formula is C40H60N2O10. The zero-order chi connectivity index (χ0) is 38.8. The number of rotatable bonds is 28. The second kappa shape index (κ2) is 26.5. The molecule has 0 fully saturated rings. The van der Waals surface area contributed by atoms with Crippen LogP contribution >= 0.6 is 0 Å². The smallest absolute Gasteiger partial charge is 0.337 e. The Morgan fingerprint density at radius 2 is 1.60 bits per heavy atom. The number of methoxy groups -OCH3 is 2. The molecular weight excluding hydrogens is 668 g/mol. The number of nitrogens with one attached hydrogen (secondary N) is 1. The molecule has 52 heavy (non-hydrogen) atoms. The van der Waals surface area contributed by atoms with Crippen molar-refractivity contribution >= 4 is 29.5 Å². The van der Waals surface area contributed by atoms with Gasteiger partial charge in [-0.1, -0.05) is 75.7 Å². The topological polar surface area (TPSA) is 169 Å². The zero-order valence-electron chi connectivity index (χ0n) is 31.7. The van der Waals surface area contributed by atoms with Gasteiger partial charge in [0.05, 0.1) is 26.1 Å². The number of nitrogens with zero attached hydrogens (tertiary/aromatic N) is 1. The molecule has 1 rings (SSSR count). The molecule has 1 aromatic rings. The van der Waals surface area contributed by atoms with Gasteiger partial charge in [-0.15, -0.1) is 5.92 Å². The molecule has 0 aliphatic heterocycles. The number of carbonyl (C=O) groups excluding carboxylic acids is 4. The Morgan fingerprint density at radius 3 is 2.17 bits per heavy atom. The molecule has 3 atom stereocenters. The molecule has 0 heterocycles. The lowest BCUT2D eigenvalue weighted by molar-refractivity contribution is -0.171. The lowest BCUT2D eigenvalue weighted by atomic mass is 9.82. The minimum absolute atomic E-state index is 0.00452. The molecule has 0 aliphatic rings.